The van der Waals surface area contributed by atoms with Crippen molar-refractivity contribution in [2.45, 2.75) is 0 Å². The minimum atomic E-state index is -0.849. The van der Waals surface area contributed by atoms with E-state index in [0.717, 1.165) is 17.7 Å². The predicted molar refractivity (Wildman–Crippen MR) is 112 cm³/mol. The van der Waals surface area contributed by atoms with Crippen LogP contribution in [-0.2, 0) is 4.74 Å². The molecule has 4 aromatic rings. The zero-order valence-electron chi connectivity index (χ0n) is 16.1. The van der Waals surface area contributed by atoms with Crippen molar-refractivity contribution in [1.82, 2.24) is 20.2 Å². The molecule has 1 saturated heterocycles. The number of halogens is 3. The van der Waals surface area contributed by atoms with Crippen molar-refractivity contribution in [3.8, 4) is 23.0 Å². The van der Waals surface area contributed by atoms with E-state index in [1.54, 1.807) is 6.07 Å². The fourth-order valence-corrected chi connectivity index (χ4v) is 3.67. The minimum Gasteiger partial charge on any atom is -0.421 e. The number of fused-ring (bicyclic) bond motifs is 1. The van der Waals surface area contributed by atoms with Crippen LogP contribution >= 0.6 is 11.6 Å². The van der Waals surface area contributed by atoms with Crippen molar-refractivity contribution < 1.29 is 18.3 Å². The van der Waals surface area contributed by atoms with E-state index in [2.05, 4.69) is 20.2 Å². The summed E-state index contributed by atoms with van der Waals surface area (Å²) in [5, 5.41) is 8.51. The third-order valence-corrected chi connectivity index (χ3v) is 5.24. The first-order chi connectivity index (χ1) is 15.1. The van der Waals surface area contributed by atoms with Gasteiger partial charge in [0, 0.05) is 24.7 Å². The lowest BCUT2D eigenvalue weighted by Gasteiger charge is -2.28. The van der Waals surface area contributed by atoms with Gasteiger partial charge in [-0.15, -0.1) is 0 Å². The molecule has 1 fully saturated rings. The number of morpholine rings is 1. The molecule has 0 saturated carbocycles. The number of aromatic amines is 1. The van der Waals surface area contributed by atoms with E-state index in [9.17, 15) is 8.78 Å². The maximum absolute atomic E-state index is 14.1. The molecular weight excluding hydrogens is 428 g/mol. The van der Waals surface area contributed by atoms with E-state index in [1.165, 1.54) is 6.07 Å². The van der Waals surface area contributed by atoms with Crippen LogP contribution in [0.1, 0.15) is 0 Å². The quantitative estimate of drug-likeness (QED) is 0.497. The standard InChI is InChI=1S/C21H16ClF2N5O2/c22-14-4-2-1-3-13(14)18-17-19(28-27-18)25-21(26-20(17)29-7-9-30-10-8-29)31-16-6-5-12(23)11-15(16)24/h1-6,11H,7-10H2,(H,25,26,27,28). The predicted octanol–water partition coefficient (Wildman–Crippen LogP) is 4.58. The van der Waals surface area contributed by atoms with Gasteiger partial charge in [-0.05, 0) is 18.2 Å². The molecule has 1 aliphatic rings. The zero-order valence-corrected chi connectivity index (χ0v) is 16.9. The van der Waals surface area contributed by atoms with Crippen LogP contribution in [0.2, 0.25) is 5.02 Å². The van der Waals surface area contributed by atoms with E-state index >= 15 is 0 Å². The Hall–Kier alpha value is -3.30. The van der Waals surface area contributed by atoms with E-state index in [1.807, 2.05) is 23.1 Å². The molecule has 0 spiro atoms. The Morgan fingerprint density at radius 3 is 2.65 bits per heavy atom. The highest BCUT2D eigenvalue weighted by Gasteiger charge is 2.24. The highest BCUT2D eigenvalue weighted by Crippen LogP contribution is 2.37. The van der Waals surface area contributed by atoms with Crippen LogP contribution < -0.4 is 9.64 Å². The topological polar surface area (TPSA) is 76.2 Å². The normalized spacial score (nSPS) is 14.2. The van der Waals surface area contributed by atoms with Crippen LogP contribution in [0, 0.1) is 11.6 Å². The van der Waals surface area contributed by atoms with E-state index < -0.39 is 11.6 Å². The first-order valence-electron chi connectivity index (χ1n) is 9.57. The average Bonchev–Trinajstić information content (AvgIpc) is 3.20. The number of aromatic nitrogens is 4. The second kappa shape index (κ2) is 8.09. The summed E-state index contributed by atoms with van der Waals surface area (Å²) in [6.45, 7) is 2.27. The number of ether oxygens (including phenoxy) is 2. The van der Waals surface area contributed by atoms with Gasteiger partial charge in [0.15, 0.2) is 17.2 Å². The Labute approximate surface area is 180 Å². The molecule has 3 heterocycles. The second-order valence-corrected chi connectivity index (χ2v) is 7.29. The second-order valence-electron chi connectivity index (χ2n) is 6.88. The zero-order chi connectivity index (χ0) is 21.4. The molecule has 10 heteroatoms. The third kappa shape index (κ3) is 3.77. The van der Waals surface area contributed by atoms with E-state index in [0.29, 0.717) is 53.9 Å². The molecule has 0 atom stereocenters. The van der Waals surface area contributed by atoms with Crippen molar-refractivity contribution in [3.63, 3.8) is 0 Å². The summed E-state index contributed by atoms with van der Waals surface area (Å²) in [4.78, 5) is 10.9. The van der Waals surface area contributed by atoms with Crippen LogP contribution in [0.15, 0.2) is 42.5 Å². The van der Waals surface area contributed by atoms with Crippen molar-refractivity contribution >= 4 is 28.5 Å². The van der Waals surface area contributed by atoms with Crippen LogP contribution in [0.4, 0.5) is 14.6 Å². The van der Waals surface area contributed by atoms with Crippen molar-refractivity contribution in [1.29, 1.82) is 0 Å². The Kier molecular flexibility index (Phi) is 5.13. The van der Waals surface area contributed by atoms with E-state index in [4.69, 9.17) is 21.1 Å². The highest BCUT2D eigenvalue weighted by molar-refractivity contribution is 6.33. The smallest absolute Gasteiger partial charge is 0.326 e. The molecule has 0 amide bonds. The average molecular weight is 444 g/mol. The minimum absolute atomic E-state index is 0.0890. The maximum Gasteiger partial charge on any atom is 0.326 e. The fraction of sp³-hybridized carbons (Fsp3) is 0.190. The van der Waals surface area contributed by atoms with Crippen LogP contribution in [0.3, 0.4) is 0 Å². The number of nitrogens with zero attached hydrogens (tertiary/aromatic N) is 4. The molecule has 0 unspecified atom stereocenters. The van der Waals surface area contributed by atoms with Gasteiger partial charge in [-0.1, -0.05) is 29.8 Å². The number of rotatable bonds is 4. The molecule has 31 heavy (non-hydrogen) atoms. The third-order valence-electron chi connectivity index (χ3n) is 4.91. The van der Waals surface area contributed by atoms with Crippen molar-refractivity contribution in [3.05, 3.63) is 59.1 Å². The van der Waals surface area contributed by atoms with Gasteiger partial charge in [0.2, 0.25) is 0 Å². The first-order valence-corrected chi connectivity index (χ1v) is 9.94. The highest BCUT2D eigenvalue weighted by atomic mass is 35.5. The van der Waals surface area contributed by atoms with Crippen LogP contribution in [-0.4, -0.2) is 46.5 Å². The Morgan fingerprint density at radius 1 is 1.06 bits per heavy atom. The number of hydrogen-bond donors (Lipinski definition) is 1. The molecule has 1 aliphatic heterocycles. The molecule has 7 nitrogen and oxygen atoms in total. The van der Waals surface area contributed by atoms with Gasteiger partial charge in [-0.25, -0.2) is 8.78 Å². The van der Waals surface area contributed by atoms with Gasteiger partial charge in [-0.2, -0.15) is 15.1 Å². The van der Waals surface area contributed by atoms with Gasteiger partial charge >= 0.3 is 6.01 Å². The number of anilines is 1. The monoisotopic (exact) mass is 443 g/mol. The molecule has 2 aromatic heterocycles. The maximum atomic E-state index is 14.1. The summed E-state index contributed by atoms with van der Waals surface area (Å²) >= 11 is 6.40. The summed E-state index contributed by atoms with van der Waals surface area (Å²) in [5.74, 6) is -1.17. The lowest BCUT2D eigenvalue weighted by Crippen LogP contribution is -2.37. The Balaban J connectivity index is 1.65. The number of hydrogen-bond acceptors (Lipinski definition) is 6. The molecule has 0 bridgehead atoms. The molecule has 5 rings (SSSR count). The largest absolute Gasteiger partial charge is 0.421 e. The molecule has 0 radical (unpaired) electrons. The molecule has 1 N–H and O–H groups in total. The van der Waals surface area contributed by atoms with Gasteiger partial charge in [0.1, 0.15) is 17.3 Å². The lowest BCUT2D eigenvalue weighted by molar-refractivity contribution is 0.122. The number of benzene rings is 2. The summed E-state index contributed by atoms with van der Waals surface area (Å²) in [6, 6.07) is 10.3. The Morgan fingerprint density at radius 2 is 1.87 bits per heavy atom. The van der Waals surface area contributed by atoms with Crippen LogP contribution in [0.25, 0.3) is 22.3 Å². The fourth-order valence-electron chi connectivity index (χ4n) is 3.45. The van der Waals surface area contributed by atoms with Crippen LogP contribution in [0.5, 0.6) is 11.8 Å². The van der Waals surface area contributed by atoms with E-state index in [-0.39, 0.29) is 11.8 Å². The summed E-state index contributed by atoms with van der Waals surface area (Å²) in [6.07, 6.45) is 0. The summed E-state index contributed by atoms with van der Waals surface area (Å²) < 4.78 is 38.3. The summed E-state index contributed by atoms with van der Waals surface area (Å²) in [5.41, 5.74) is 1.73. The number of nitrogens with one attached hydrogen (secondary N) is 1. The van der Waals surface area contributed by atoms with Crippen molar-refractivity contribution in [2.24, 2.45) is 0 Å². The first kappa shape index (κ1) is 19.7. The summed E-state index contributed by atoms with van der Waals surface area (Å²) in [7, 11) is 0. The SMILES string of the molecule is Fc1ccc(Oc2nc(N3CCOCC3)c3c(-c4ccccc4Cl)n[nH]c3n2)c(F)c1. The Bertz CT molecular complexity index is 1260. The molecule has 2 aromatic carbocycles. The number of H-pyrrole nitrogens is 1. The van der Waals surface area contributed by atoms with Gasteiger partial charge in [-0.3, -0.25) is 5.10 Å². The molecule has 158 valence electrons. The van der Waals surface area contributed by atoms with Crippen molar-refractivity contribution in [2.75, 3.05) is 31.2 Å². The van der Waals surface area contributed by atoms with Gasteiger partial charge < -0.3 is 14.4 Å². The lowest BCUT2D eigenvalue weighted by atomic mass is 10.1. The molecular formula is C21H16ClF2N5O2. The molecule has 0 aliphatic carbocycles. The van der Waals surface area contributed by atoms with Gasteiger partial charge in [0.05, 0.1) is 23.6 Å². The van der Waals surface area contributed by atoms with Gasteiger partial charge in [0.25, 0.3) is 0 Å².